The molecule has 3 rings (SSSR count). The summed E-state index contributed by atoms with van der Waals surface area (Å²) in [5.41, 5.74) is 1.68. The molecule has 146 valence electrons. The number of H-pyrrole nitrogens is 1. The second-order valence-corrected chi connectivity index (χ2v) is 9.14. The number of aromatic nitrogens is 1. The molecule has 8 heteroatoms. The quantitative estimate of drug-likeness (QED) is 0.616. The van der Waals surface area contributed by atoms with Gasteiger partial charge in [0.1, 0.15) is 10.5 Å². The average Bonchev–Trinajstić information content (AvgIpc) is 3.22. The molecule has 1 aromatic heterocycles. The Hall–Kier alpha value is -1.99. The van der Waals surface area contributed by atoms with Crippen molar-refractivity contribution in [3.05, 3.63) is 45.7 Å². The zero-order valence-electron chi connectivity index (χ0n) is 15.5. The van der Waals surface area contributed by atoms with E-state index in [1.807, 2.05) is 6.07 Å². The van der Waals surface area contributed by atoms with E-state index in [2.05, 4.69) is 16.6 Å². The maximum Gasteiger partial charge on any atom is 0.338 e. The lowest BCUT2D eigenvalue weighted by atomic mass is 10.1. The van der Waals surface area contributed by atoms with Gasteiger partial charge in [-0.25, -0.2) is 13.2 Å². The smallest absolute Gasteiger partial charge is 0.338 e. The van der Waals surface area contributed by atoms with Crippen LogP contribution in [0.5, 0.6) is 0 Å². The molecule has 1 fully saturated rings. The van der Waals surface area contributed by atoms with Gasteiger partial charge in [0.2, 0.25) is 0 Å². The predicted molar refractivity (Wildman–Crippen MR) is 105 cm³/mol. The van der Waals surface area contributed by atoms with Gasteiger partial charge in [0.05, 0.1) is 5.69 Å². The molecule has 0 amide bonds. The van der Waals surface area contributed by atoms with Crippen LogP contribution in [0.25, 0.3) is 0 Å². The van der Waals surface area contributed by atoms with Crippen molar-refractivity contribution in [2.75, 3.05) is 4.72 Å². The van der Waals surface area contributed by atoms with E-state index in [1.165, 1.54) is 20.3 Å². The second-order valence-electron chi connectivity index (χ2n) is 7.12. The number of anilines is 1. The number of hydrogen-bond acceptors (Lipinski definition) is 3. The topological polar surface area (TPSA) is 99.3 Å². The van der Waals surface area contributed by atoms with Crippen LogP contribution in [0.4, 0.5) is 5.69 Å². The Balaban J connectivity index is 1.87. The van der Waals surface area contributed by atoms with Crippen LogP contribution >= 0.6 is 11.6 Å². The zero-order valence-corrected chi connectivity index (χ0v) is 17.0. The lowest BCUT2D eigenvalue weighted by molar-refractivity contribution is 0.0692. The first-order valence-corrected chi connectivity index (χ1v) is 10.8. The monoisotopic (exact) mass is 410 g/mol. The summed E-state index contributed by atoms with van der Waals surface area (Å²) >= 11 is 6.39. The fraction of sp³-hybridized carbons (Fsp3) is 0.421. The minimum absolute atomic E-state index is 0.247. The lowest BCUT2D eigenvalue weighted by Gasteiger charge is -2.11. The molecule has 1 aliphatic rings. The van der Waals surface area contributed by atoms with E-state index in [-0.39, 0.29) is 16.2 Å². The summed E-state index contributed by atoms with van der Waals surface area (Å²) in [7, 11) is -4.07. The van der Waals surface area contributed by atoms with E-state index in [1.54, 1.807) is 12.1 Å². The third kappa shape index (κ3) is 3.84. The van der Waals surface area contributed by atoms with Crippen LogP contribution in [-0.2, 0) is 10.0 Å². The minimum Gasteiger partial charge on any atom is -0.478 e. The lowest BCUT2D eigenvalue weighted by Crippen LogP contribution is -2.17. The molecule has 1 aromatic carbocycles. The number of halogens is 1. The molecule has 1 aliphatic carbocycles. The fourth-order valence-corrected chi connectivity index (χ4v) is 5.59. The molecule has 3 N–H and O–H groups in total. The highest BCUT2D eigenvalue weighted by Crippen LogP contribution is 2.52. The molecule has 6 nitrogen and oxygen atoms in total. The van der Waals surface area contributed by atoms with Gasteiger partial charge in [-0.15, -0.1) is 0 Å². The van der Waals surface area contributed by atoms with Crippen LogP contribution in [0.15, 0.2) is 23.1 Å². The van der Waals surface area contributed by atoms with E-state index >= 15 is 0 Å². The number of sulfonamides is 1. The van der Waals surface area contributed by atoms with E-state index < -0.39 is 16.0 Å². The highest BCUT2D eigenvalue weighted by atomic mass is 35.5. The van der Waals surface area contributed by atoms with Crippen molar-refractivity contribution in [3.63, 3.8) is 0 Å². The van der Waals surface area contributed by atoms with Crippen molar-refractivity contribution >= 4 is 33.3 Å². The molecular weight excluding hydrogens is 388 g/mol. The first kappa shape index (κ1) is 19.8. The van der Waals surface area contributed by atoms with Gasteiger partial charge in [0, 0.05) is 16.4 Å². The van der Waals surface area contributed by atoms with Crippen molar-refractivity contribution in [1.82, 2.24) is 4.98 Å². The minimum atomic E-state index is -4.07. The number of rotatable bonds is 7. The van der Waals surface area contributed by atoms with E-state index in [4.69, 9.17) is 11.6 Å². The third-order valence-corrected chi connectivity index (χ3v) is 6.91. The zero-order chi connectivity index (χ0) is 19.9. The second kappa shape index (κ2) is 7.20. The normalized spacial score (nSPS) is 19.1. The van der Waals surface area contributed by atoms with Crippen molar-refractivity contribution in [1.29, 1.82) is 0 Å². The van der Waals surface area contributed by atoms with E-state index in [0.717, 1.165) is 18.4 Å². The van der Waals surface area contributed by atoms with Crippen LogP contribution < -0.4 is 4.72 Å². The van der Waals surface area contributed by atoms with Gasteiger partial charge in [-0.05, 0) is 49.8 Å². The number of hydrogen-bond donors (Lipinski definition) is 3. The molecule has 0 bridgehead atoms. The summed E-state index contributed by atoms with van der Waals surface area (Å²) in [6.07, 6.45) is 3.42. The highest BCUT2D eigenvalue weighted by molar-refractivity contribution is 7.92. The summed E-state index contributed by atoms with van der Waals surface area (Å²) in [5, 5.41) is 9.90. The van der Waals surface area contributed by atoms with Gasteiger partial charge in [-0.2, -0.15) is 0 Å². The molecule has 2 atom stereocenters. The molecule has 2 aromatic rings. The molecule has 27 heavy (non-hydrogen) atoms. The molecule has 0 aliphatic heterocycles. The number of aryl methyl sites for hydroxylation is 2. The average molecular weight is 411 g/mol. The Morgan fingerprint density at radius 1 is 1.33 bits per heavy atom. The standard InChI is InChI=1S/C19H23ClN2O4S/c1-4-5-12-8-15(12)14-7-6-13(9-16(14)20)22-27(25,26)18-11(3)21-10(2)17(18)19(23)24/h6-7,9,12,15,21-22H,4-5,8H2,1-3H3,(H,23,24). The van der Waals surface area contributed by atoms with Gasteiger partial charge in [-0.3, -0.25) is 4.72 Å². The number of aromatic amines is 1. The Bertz CT molecular complexity index is 997. The summed E-state index contributed by atoms with van der Waals surface area (Å²) in [4.78, 5) is 14.0. The van der Waals surface area contributed by atoms with Crippen LogP contribution in [0.1, 0.15) is 59.4 Å². The van der Waals surface area contributed by atoms with Crippen LogP contribution in [-0.4, -0.2) is 24.5 Å². The maximum atomic E-state index is 12.8. The van der Waals surface area contributed by atoms with Gasteiger partial charge < -0.3 is 10.1 Å². The maximum absolute atomic E-state index is 12.8. The third-order valence-electron chi connectivity index (χ3n) is 5.03. The van der Waals surface area contributed by atoms with Gasteiger partial charge >= 0.3 is 5.97 Å². The molecule has 1 saturated carbocycles. The van der Waals surface area contributed by atoms with E-state index in [9.17, 15) is 18.3 Å². The number of aromatic carboxylic acids is 1. The SMILES string of the molecule is CCCC1CC1c1ccc(NS(=O)(=O)c2c(C)[nH]c(C)c2C(=O)O)cc1Cl. The Kier molecular flexibility index (Phi) is 5.27. The van der Waals surface area contributed by atoms with Crippen molar-refractivity contribution in [3.8, 4) is 0 Å². The molecular formula is C19H23ClN2O4S. The first-order chi connectivity index (χ1) is 12.7. The van der Waals surface area contributed by atoms with Crippen molar-refractivity contribution in [2.24, 2.45) is 5.92 Å². The Morgan fingerprint density at radius 3 is 2.63 bits per heavy atom. The van der Waals surface area contributed by atoms with Crippen LogP contribution in [0.2, 0.25) is 5.02 Å². The van der Waals surface area contributed by atoms with Gasteiger partial charge in [-0.1, -0.05) is 37.4 Å². The number of benzene rings is 1. The van der Waals surface area contributed by atoms with Crippen LogP contribution in [0, 0.1) is 19.8 Å². The molecule has 2 unspecified atom stereocenters. The molecule has 1 heterocycles. The summed E-state index contributed by atoms with van der Waals surface area (Å²) in [5.74, 6) is -0.198. The number of carbonyl (C=O) groups is 1. The van der Waals surface area contributed by atoms with E-state index in [0.29, 0.717) is 28.2 Å². The van der Waals surface area contributed by atoms with Gasteiger partial charge in [0.15, 0.2) is 0 Å². The van der Waals surface area contributed by atoms with Crippen molar-refractivity contribution < 1.29 is 18.3 Å². The summed E-state index contributed by atoms with van der Waals surface area (Å²) < 4.78 is 28.1. The number of carboxylic acids is 1. The fourth-order valence-electron chi connectivity index (χ4n) is 3.77. The van der Waals surface area contributed by atoms with Crippen molar-refractivity contribution in [2.45, 2.75) is 50.8 Å². The number of nitrogens with one attached hydrogen (secondary N) is 2. The predicted octanol–water partition coefficient (Wildman–Crippen LogP) is 4.69. The Morgan fingerprint density at radius 2 is 2.04 bits per heavy atom. The van der Waals surface area contributed by atoms with Crippen LogP contribution in [0.3, 0.4) is 0 Å². The highest BCUT2D eigenvalue weighted by Gasteiger charge is 2.38. The Labute approximate surface area is 164 Å². The molecule has 0 spiro atoms. The molecule has 0 radical (unpaired) electrons. The first-order valence-electron chi connectivity index (χ1n) is 8.90. The largest absolute Gasteiger partial charge is 0.478 e. The molecule has 0 saturated heterocycles. The number of carboxylic acid groups (broad SMARTS) is 1. The summed E-state index contributed by atoms with van der Waals surface area (Å²) in [6, 6.07) is 5.12. The summed E-state index contributed by atoms with van der Waals surface area (Å²) in [6.45, 7) is 5.22. The van der Waals surface area contributed by atoms with Gasteiger partial charge in [0.25, 0.3) is 10.0 Å².